The molecule has 0 aromatic carbocycles. The highest BCUT2D eigenvalue weighted by Crippen LogP contribution is 2.67. The average molecular weight is 431 g/mol. The van der Waals surface area contributed by atoms with Crippen LogP contribution in [-0.4, -0.2) is 28.2 Å². The van der Waals surface area contributed by atoms with E-state index in [0.29, 0.717) is 71.9 Å². The molecule has 0 bridgehead atoms. The predicted octanol–water partition coefficient (Wildman–Crippen LogP) is 5.64. The molecule has 0 amide bonds. The van der Waals surface area contributed by atoms with Crippen LogP contribution in [-0.2, 0) is 4.79 Å². The van der Waals surface area contributed by atoms with E-state index in [4.69, 9.17) is 0 Å². The van der Waals surface area contributed by atoms with Crippen molar-refractivity contribution >= 4 is 5.78 Å². The monoisotopic (exact) mass is 430 g/mol. The molecular formula is C28H46O3. The largest absolute Gasteiger partial charge is 0.390 e. The molecule has 4 aliphatic carbocycles. The average Bonchev–Trinajstić information content (AvgIpc) is 3.05. The molecule has 11 atom stereocenters. The Bertz CT molecular complexity index is 713. The predicted molar refractivity (Wildman–Crippen MR) is 125 cm³/mol. The lowest BCUT2D eigenvalue weighted by Crippen LogP contribution is -2.59. The van der Waals surface area contributed by atoms with Crippen molar-refractivity contribution in [1.82, 2.24) is 0 Å². The topological polar surface area (TPSA) is 57.5 Å². The zero-order valence-corrected chi connectivity index (χ0v) is 20.7. The maximum atomic E-state index is 13.3. The van der Waals surface area contributed by atoms with E-state index in [9.17, 15) is 15.0 Å². The summed E-state index contributed by atoms with van der Waals surface area (Å²) in [6.07, 6.45) is 10.2. The van der Waals surface area contributed by atoms with Crippen LogP contribution < -0.4 is 0 Å². The normalized spacial score (nSPS) is 49.6. The Morgan fingerprint density at radius 2 is 1.61 bits per heavy atom. The molecule has 176 valence electrons. The lowest BCUT2D eigenvalue weighted by Gasteiger charge is -2.60. The van der Waals surface area contributed by atoms with Gasteiger partial charge in [0.05, 0.1) is 12.2 Å². The number of aliphatic hydroxyl groups excluding tert-OH is 2. The van der Waals surface area contributed by atoms with E-state index in [1.54, 1.807) is 0 Å². The van der Waals surface area contributed by atoms with Gasteiger partial charge in [0.2, 0.25) is 0 Å². The Balaban J connectivity index is 1.55. The van der Waals surface area contributed by atoms with Crippen LogP contribution in [0.15, 0.2) is 12.2 Å². The number of allylic oxidation sites excluding steroid dienone is 2. The molecule has 31 heavy (non-hydrogen) atoms. The molecule has 0 aromatic rings. The third-order valence-electron chi connectivity index (χ3n) is 11.0. The number of carbonyl (C=O) groups excluding carboxylic acids is 1. The number of rotatable bonds is 4. The van der Waals surface area contributed by atoms with Crippen LogP contribution >= 0.6 is 0 Å². The fraction of sp³-hybridized carbons (Fsp3) is 0.893. The van der Waals surface area contributed by atoms with E-state index in [-0.39, 0.29) is 11.3 Å². The summed E-state index contributed by atoms with van der Waals surface area (Å²) >= 11 is 0. The minimum Gasteiger partial charge on any atom is -0.390 e. The smallest absolute Gasteiger partial charge is 0.136 e. The van der Waals surface area contributed by atoms with Crippen molar-refractivity contribution in [3.05, 3.63) is 12.2 Å². The van der Waals surface area contributed by atoms with E-state index < -0.39 is 12.2 Å². The summed E-state index contributed by atoms with van der Waals surface area (Å²) in [6, 6.07) is 0. The summed E-state index contributed by atoms with van der Waals surface area (Å²) in [4.78, 5) is 13.3. The second-order valence-electron chi connectivity index (χ2n) is 12.8. The van der Waals surface area contributed by atoms with Crippen molar-refractivity contribution in [3.8, 4) is 0 Å². The van der Waals surface area contributed by atoms with Crippen molar-refractivity contribution in [1.29, 1.82) is 0 Å². The van der Waals surface area contributed by atoms with Gasteiger partial charge >= 0.3 is 0 Å². The molecule has 0 saturated heterocycles. The second-order valence-corrected chi connectivity index (χ2v) is 12.8. The van der Waals surface area contributed by atoms with Crippen molar-refractivity contribution in [3.63, 3.8) is 0 Å². The Morgan fingerprint density at radius 1 is 0.935 bits per heavy atom. The molecule has 0 unspecified atom stereocenters. The first-order chi connectivity index (χ1) is 14.5. The summed E-state index contributed by atoms with van der Waals surface area (Å²) < 4.78 is 0. The summed E-state index contributed by atoms with van der Waals surface area (Å²) in [5.74, 6) is 4.48. The Hall–Kier alpha value is -0.670. The molecule has 4 saturated carbocycles. The maximum Gasteiger partial charge on any atom is 0.136 e. The number of ketones is 1. The summed E-state index contributed by atoms with van der Waals surface area (Å²) in [5.41, 5.74) is 0.179. The number of Topliss-reactive ketones (excluding diaryl/α,β-unsaturated/α-hetero) is 1. The van der Waals surface area contributed by atoms with Gasteiger partial charge in [-0.1, -0.05) is 53.7 Å². The van der Waals surface area contributed by atoms with Gasteiger partial charge in [-0.25, -0.2) is 0 Å². The molecule has 4 rings (SSSR count). The summed E-state index contributed by atoms with van der Waals surface area (Å²) in [7, 11) is 0. The van der Waals surface area contributed by atoms with Gasteiger partial charge in [-0.2, -0.15) is 0 Å². The van der Waals surface area contributed by atoms with E-state index in [1.807, 2.05) is 0 Å². The van der Waals surface area contributed by atoms with Crippen LogP contribution in [0.1, 0.15) is 86.5 Å². The Kier molecular flexibility index (Phi) is 6.27. The maximum absolute atomic E-state index is 13.3. The third kappa shape index (κ3) is 3.76. The summed E-state index contributed by atoms with van der Waals surface area (Å²) in [6.45, 7) is 14.1. The van der Waals surface area contributed by atoms with Crippen molar-refractivity contribution in [2.45, 2.75) is 98.7 Å². The van der Waals surface area contributed by atoms with Gasteiger partial charge in [-0.05, 0) is 90.8 Å². The zero-order valence-electron chi connectivity index (χ0n) is 20.7. The SMILES string of the molecule is CC(C)[C@H](C)/C=C/[C@@H](C)[C@H]1CC[C@H]2[C@@H]3CC(=O)[C@H]4C[C@H](O)[C@H](O)C[C@]4(C)[C@H]3CC[C@]12C. The van der Waals surface area contributed by atoms with E-state index in [0.717, 1.165) is 0 Å². The number of hydrogen-bond donors (Lipinski definition) is 2. The lowest BCUT2D eigenvalue weighted by molar-refractivity contribution is -0.173. The van der Waals surface area contributed by atoms with Gasteiger partial charge in [0.15, 0.2) is 0 Å². The quantitative estimate of drug-likeness (QED) is 0.567. The molecule has 0 heterocycles. The molecule has 4 fully saturated rings. The summed E-state index contributed by atoms with van der Waals surface area (Å²) in [5, 5.41) is 20.7. The van der Waals surface area contributed by atoms with Crippen LogP contribution in [0.3, 0.4) is 0 Å². The number of fused-ring (bicyclic) bond motifs is 5. The molecule has 0 radical (unpaired) electrons. The van der Waals surface area contributed by atoms with Gasteiger partial charge in [-0.15, -0.1) is 0 Å². The Morgan fingerprint density at radius 3 is 2.29 bits per heavy atom. The minimum atomic E-state index is -0.732. The van der Waals surface area contributed by atoms with Crippen molar-refractivity contribution in [2.24, 2.45) is 58.2 Å². The van der Waals surface area contributed by atoms with E-state index >= 15 is 0 Å². The van der Waals surface area contributed by atoms with Crippen LogP contribution in [0.5, 0.6) is 0 Å². The molecule has 3 nitrogen and oxygen atoms in total. The zero-order chi connectivity index (χ0) is 22.7. The first-order valence-electron chi connectivity index (χ1n) is 13.1. The molecule has 0 spiro atoms. The van der Waals surface area contributed by atoms with Gasteiger partial charge in [0.25, 0.3) is 0 Å². The molecule has 0 aliphatic heterocycles. The van der Waals surface area contributed by atoms with Crippen LogP contribution in [0.25, 0.3) is 0 Å². The fourth-order valence-electron chi connectivity index (χ4n) is 8.68. The van der Waals surface area contributed by atoms with Crippen LogP contribution in [0.4, 0.5) is 0 Å². The highest BCUT2D eigenvalue weighted by atomic mass is 16.3. The van der Waals surface area contributed by atoms with Crippen LogP contribution in [0, 0.1) is 58.2 Å². The third-order valence-corrected chi connectivity index (χ3v) is 11.0. The lowest BCUT2D eigenvalue weighted by atomic mass is 9.44. The van der Waals surface area contributed by atoms with E-state index in [2.05, 4.69) is 53.7 Å². The standard InChI is InChI=1S/C28H46O3/c1-16(2)17(3)7-8-18(4)20-9-10-21-19-13-24(29)23-14-25(30)26(31)15-28(23,6)22(19)11-12-27(20,21)5/h7-8,16-23,25-26,30-31H,9-15H2,1-6H3/b8-7+/t17-,18-,19+,20-,21+,22+,23-,25+,26-,27-,28-/m1/s1. The Labute approximate surface area is 190 Å². The first-order valence-corrected chi connectivity index (χ1v) is 13.1. The molecular weight excluding hydrogens is 384 g/mol. The van der Waals surface area contributed by atoms with Gasteiger partial charge in [0, 0.05) is 12.3 Å². The molecule has 4 aliphatic rings. The van der Waals surface area contributed by atoms with Gasteiger partial charge < -0.3 is 10.2 Å². The van der Waals surface area contributed by atoms with Crippen molar-refractivity contribution in [2.75, 3.05) is 0 Å². The van der Waals surface area contributed by atoms with Gasteiger partial charge in [-0.3, -0.25) is 4.79 Å². The molecule has 0 aromatic heterocycles. The minimum absolute atomic E-state index is 0.0620. The van der Waals surface area contributed by atoms with Crippen LogP contribution in [0.2, 0.25) is 0 Å². The number of carbonyl (C=O) groups is 1. The first kappa shape index (κ1) is 23.5. The molecule has 3 heteroatoms. The van der Waals surface area contributed by atoms with Gasteiger partial charge in [0.1, 0.15) is 5.78 Å². The molecule has 2 N–H and O–H groups in total. The highest BCUT2D eigenvalue weighted by molar-refractivity contribution is 5.83. The highest BCUT2D eigenvalue weighted by Gasteiger charge is 2.63. The number of hydrogen-bond acceptors (Lipinski definition) is 3. The number of aliphatic hydroxyl groups is 2. The van der Waals surface area contributed by atoms with E-state index in [1.165, 1.54) is 25.7 Å². The fourth-order valence-corrected chi connectivity index (χ4v) is 8.68. The second kappa shape index (κ2) is 8.28. The van der Waals surface area contributed by atoms with Crippen molar-refractivity contribution < 1.29 is 15.0 Å².